The van der Waals surface area contributed by atoms with Crippen molar-refractivity contribution in [2.75, 3.05) is 0 Å². The average molecular weight is 345 g/mol. The SMILES string of the molecule is c1cc2c(cc1-c1ccc(-c3ccc4c(c3)CCCC4)s1)CCCC2. The first-order valence-corrected chi connectivity index (χ1v) is 10.5. The van der Waals surface area contributed by atoms with Gasteiger partial charge in [-0.3, -0.25) is 0 Å². The summed E-state index contributed by atoms with van der Waals surface area (Å²) in [4.78, 5) is 2.81. The molecule has 1 heteroatoms. The highest BCUT2D eigenvalue weighted by atomic mass is 32.1. The molecule has 0 saturated carbocycles. The minimum atomic E-state index is 1.26. The average Bonchev–Trinajstić information content (AvgIpc) is 3.17. The molecular weight excluding hydrogens is 320 g/mol. The lowest BCUT2D eigenvalue weighted by atomic mass is 9.90. The van der Waals surface area contributed by atoms with E-state index in [0.29, 0.717) is 0 Å². The molecule has 5 rings (SSSR count). The topological polar surface area (TPSA) is 0 Å². The molecule has 0 fully saturated rings. The van der Waals surface area contributed by atoms with Crippen LogP contribution >= 0.6 is 11.3 Å². The summed E-state index contributed by atoms with van der Waals surface area (Å²) in [6.45, 7) is 0. The highest BCUT2D eigenvalue weighted by molar-refractivity contribution is 7.18. The fourth-order valence-electron chi connectivity index (χ4n) is 4.42. The summed E-state index contributed by atoms with van der Waals surface area (Å²) >= 11 is 1.94. The van der Waals surface area contributed by atoms with E-state index in [9.17, 15) is 0 Å². The van der Waals surface area contributed by atoms with Crippen molar-refractivity contribution >= 4 is 11.3 Å². The lowest BCUT2D eigenvalue weighted by Crippen LogP contribution is -2.02. The molecule has 2 aliphatic rings. The molecule has 25 heavy (non-hydrogen) atoms. The van der Waals surface area contributed by atoms with Crippen LogP contribution in [0.3, 0.4) is 0 Å². The van der Waals surface area contributed by atoms with Crippen LogP contribution in [-0.4, -0.2) is 0 Å². The van der Waals surface area contributed by atoms with Gasteiger partial charge < -0.3 is 0 Å². The van der Waals surface area contributed by atoms with Gasteiger partial charge in [0.2, 0.25) is 0 Å². The minimum absolute atomic E-state index is 1.26. The monoisotopic (exact) mass is 344 g/mol. The van der Waals surface area contributed by atoms with Crippen LogP contribution in [0.25, 0.3) is 20.9 Å². The van der Waals surface area contributed by atoms with E-state index in [1.165, 1.54) is 72.2 Å². The number of rotatable bonds is 2. The zero-order valence-electron chi connectivity index (χ0n) is 14.7. The predicted octanol–water partition coefficient (Wildman–Crippen LogP) is 6.84. The Balaban J connectivity index is 1.47. The van der Waals surface area contributed by atoms with Crippen molar-refractivity contribution in [2.45, 2.75) is 51.4 Å². The molecule has 0 aliphatic heterocycles. The first-order valence-electron chi connectivity index (χ1n) is 9.71. The van der Waals surface area contributed by atoms with E-state index < -0.39 is 0 Å². The van der Waals surface area contributed by atoms with E-state index in [0.717, 1.165) is 0 Å². The molecule has 2 aliphatic carbocycles. The van der Waals surface area contributed by atoms with Gasteiger partial charge >= 0.3 is 0 Å². The van der Waals surface area contributed by atoms with Crippen LogP contribution in [0.1, 0.15) is 47.9 Å². The Labute approximate surface area is 154 Å². The van der Waals surface area contributed by atoms with Crippen molar-refractivity contribution < 1.29 is 0 Å². The van der Waals surface area contributed by atoms with E-state index in [4.69, 9.17) is 0 Å². The first-order chi connectivity index (χ1) is 12.4. The molecule has 0 unspecified atom stereocenters. The standard InChI is InChI=1S/C24H24S/c1-3-7-19-15-21(11-9-17(19)5-1)23-13-14-24(25-23)22-12-10-18-6-2-4-8-20(18)16-22/h9-16H,1-8H2. The molecule has 0 N–H and O–H groups in total. The number of benzene rings is 2. The highest BCUT2D eigenvalue weighted by Gasteiger charge is 2.13. The van der Waals surface area contributed by atoms with Crippen molar-refractivity contribution in [2.24, 2.45) is 0 Å². The normalized spacial score (nSPS) is 16.3. The van der Waals surface area contributed by atoms with Crippen molar-refractivity contribution in [3.8, 4) is 20.9 Å². The van der Waals surface area contributed by atoms with E-state index >= 15 is 0 Å². The molecule has 0 nitrogen and oxygen atoms in total. The van der Waals surface area contributed by atoms with Crippen molar-refractivity contribution in [1.29, 1.82) is 0 Å². The molecular formula is C24H24S. The summed E-state index contributed by atoms with van der Waals surface area (Å²) in [7, 11) is 0. The van der Waals surface area contributed by atoms with Crippen molar-refractivity contribution in [1.82, 2.24) is 0 Å². The van der Waals surface area contributed by atoms with Crippen LogP contribution in [0.2, 0.25) is 0 Å². The molecule has 1 heterocycles. The summed E-state index contributed by atoms with van der Waals surface area (Å²) in [5.41, 5.74) is 9.09. The zero-order valence-corrected chi connectivity index (χ0v) is 15.5. The van der Waals surface area contributed by atoms with E-state index in [2.05, 4.69) is 48.5 Å². The van der Waals surface area contributed by atoms with E-state index in [1.807, 2.05) is 11.3 Å². The van der Waals surface area contributed by atoms with Gasteiger partial charge in [-0.25, -0.2) is 0 Å². The summed E-state index contributed by atoms with van der Waals surface area (Å²) in [5.74, 6) is 0. The Morgan fingerprint density at radius 2 is 0.920 bits per heavy atom. The van der Waals surface area contributed by atoms with Crippen LogP contribution in [0.15, 0.2) is 48.5 Å². The number of fused-ring (bicyclic) bond motifs is 2. The Bertz CT molecular complexity index is 842. The predicted molar refractivity (Wildman–Crippen MR) is 108 cm³/mol. The summed E-state index contributed by atoms with van der Waals surface area (Å²) in [6, 6.07) is 18.9. The number of aryl methyl sites for hydroxylation is 4. The zero-order chi connectivity index (χ0) is 16.6. The highest BCUT2D eigenvalue weighted by Crippen LogP contribution is 2.37. The maximum atomic E-state index is 2.44. The van der Waals surface area contributed by atoms with Crippen LogP contribution in [0.5, 0.6) is 0 Å². The molecule has 0 radical (unpaired) electrons. The van der Waals surface area contributed by atoms with Gasteiger partial charge in [-0.05, 0) is 96.9 Å². The Morgan fingerprint density at radius 3 is 1.40 bits per heavy atom. The minimum Gasteiger partial charge on any atom is -0.135 e. The first kappa shape index (κ1) is 15.4. The summed E-state index contributed by atoms with van der Waals surface area (Å²) < 4.78 is 0. The summed E-state index contributed by atoms with van der Waals surface area (Å²) in [6.07, 6.45) is 10.4. The van der Waals surface area contributed by atoms with Crippen LogP contribution in [-0.2, 0) is 25.7 Å². The molecule has 3 aromatic rings. The molecule has 0 amide bonds. The lowest BCUT2D eigenvalue weighted by Gasteiger charge is -2.16. The van der Waals surface area contributed by atoms with Gasteiger partial charge in [0, 0.05) is 9.75 Å². The second kappa shape index (κ2) is 6.46. The maximum Gasteiger partial charge on any atom is 0.0349 e. The second-order valence-corrected chi connectivity index (χ2v) is 8.63. The van der Waals surface area contributed by atoms with Gasteiger partial charge in [0.1, 0.15) is 0 Å². The number of hydrogen-bond donors (Lipinski definition) is 0. The molecule has 1 aromatic heterocycles. The van der Waals surface area contributed by atoms with Crippen molar-refractivity contribution in [3.05, 3.63) is 70.8 Å². The third-order valence-corrected chi connectivity index (χ3v) is 7.06. The van der Waals surface area contributed by atoms with Crippen LogP contribution < -0.4 is 0 Å². The van der Waals surface area contributed by atoms with Gasteiger partial charge in [-0.15, -0.1) is 11.3 Å². The quantitative estimate of drug-likeness (QED) is 0.477. The van der Waals surface area contributed by atoms with Gasteiger partial charge in [0.25, 0.3) is 0 Å². The Morgan fingerprint density at radius 1 is 0.480 bits per heavy atom. The van der Waals surface area contributed by atoms with Gasteiger partial charge in [0.15, 0.2) is 0 Å². The van der Waals surface area contributed by atoms with E-state index in [1.54, 1.807) is 22.3 Å². The van der Waals surface area contributed by atoms with Crippen molar-refractivity contribution in [3.63, 3.8) is 0 Å². The third kappa shape index (κ3) is 2.95. The van der Waals surface area contributed by atoms with Crippen LogP contribution in [0.4, 0.5) is 0 Å². The molecule has 0 spiro atoms. The molecule has 0 saturated heterocycles. The fourth-order valence-corrected chi connectivity index (χ4v) is 5.42. The fraction of sp³-hybridized carbons (Fsp3) is 0.333. The molecule has 0 bridgehead atoms. The molecule has 126 valence electrons. The van der Waals surface area contributed by atoms with Gasteiger partial charge in [-0.2, -0.15) is 0 Å². The largest absolute Gasteiger partial charge is 0.135 e. The van der Waals surface area contributed by atoms with E-state index in [-0.39, 0.29) is 0 Å². The van der Waals surface area contributed by atoms with Gasteiger partial charge in [-0.1, -0.05) is 36.4 Å². The van der Waals surface area contributed by atoms with Gasteiger partial charge in [0.05, 0.1) is 0 Å². The Kier molecular flexibility index (Phi) is 3.98. The summed E-state index contributed by atoms with van der Waals surface area (Å²) in [5, 5.41) is 0. The number of thiophene rings is 1. The smallest absolute Gasteiger partial charge is 0.0349 e. The van der Waals surface area contributed by atoms with Crippen LogP contribution in [0, 0.1) is 0 Å². The maximum absolute atomic E-state index is 2.44. The lowest BCUT2D eigenvalue weighted by molar-refractivity contribution is 0.686. The molecule has 2 aromatic carbocycles. The Hall–Kier alpha value is -1.86. The second-order valence-electron chi connectivity index (χ2n) is 7.55. The number of hydrogen-bond acceptors (Lipinski definition) is 1. The third-order valence-electron chi connectivity index (χ3n) is 5.87. The molecule has 0 atom stereocenters.